The first-order chi connectivity index (χ1) is 27.5. The number of rotatable bonds is 4. The minimum atomic E-state index is -0.125. The van der Waals surface area contributed by atoms with Crippen LogP contribution < -0.4 is 0 Å². The zero-order valence-electron chi connectivity index (χ0n) is 32.1. The molecule has 2 aliphatic rings. The van der Waals surface area contributed by atoms with Gasteiger partial charge in [0.05, 0.1) is 0 Å². The monoisotopic (exact) mass is 714 g/mol. The van der Waals surface area contributed by atoms with E-state index in [0.717, 1.165) is 6.42 Å². The Morgan fingerprint density at radius 2 is 1.07 bits per heavy atom. The molecule has 0 radical (unpaired) electrons. The summed E-state index contributed by atoms with van der Waals surface area (Å²) in [5, 5.41) is 7.89. The number of fused-ring (bicyclic) bond motifs is 5. The molecule has 0 saturated carbocycles. The highest BCUT2D eigenvalue weighted by atomic mass is 14.4. The molecule has 0 N–H and O–H groups in total. The number of benzene rings is 9. The van der Waals surface area contributed by atoms with Crippen LogP contribution in [0.25, 0.3) is 94.0 Å². The lowest BCUT2D eigenvalue weighted by atomic mass is 9.68. The molecule has 0 aromatic heterocycles. The van der Waals surface area contributed by atoms with Gasteiger partial charge in [-0.05, 0) is 141 Å². The second-order valence-electron chi connectivity index (χ2n) is 16.5. The van der Waals surface area contributed by atoms with E-state index < -0.39 is 0 Å². The molecule has 11 rings (SSSR count). The van der Waals surface area contributed by atoms with Gasteiger partial charge in [0.15, 0.2) is 0 Å². The first-order valence-electron chi connectivity index (χ1n) is 20.1. The molecule has 2 aliphatic carbocycles. The van der Waals surface area contributed by atoms with Crippen LogP contribution in [0.4, 0.5) is 0 Å². The summed E-state index contributed by atoms with van der Waals surface area (Å²) in [4.78, 5) is 0. The average Bonchev–Trinajstić information content (AvgIpc) is 3.24. The number of allylic oxidation sites excluding steroid dienone is 1. The van der Waals surface area contributed by atoms with Gasteiger partial charge in [0.2, 0.25) is 0 Å². The molecule has 0 amide bonds. The van der Waals surface area contributed by atoms with Gasteiger partial charge in [-0.25, -0.2) is 0 Å². The normalized spacial score (nSPS) is 15.2. The van der Waals surface area contributed by atoms with E-state index in [9.17, 15) is 0 Å². The van der Waals surface area contributed by atoms with Crippen LogP contribution in [-0.4, -0.2) is 0 Å². The predicted octanol–water partition coefficient (Wildman–Crippen LogP) is 15.3. The predicted molar refractivity (Wildman–Crippen MR) is 240 cm³/mol. The van der Waals surface area contributed by atoms with Crippen molar-refractivity contribution in [1.82, 2.24) is 0 Å². The molecule has 266 valence electrons. The highest BCUT2D eigenvalue weighted by Gasteiger charge is 2.34. The lowest BCUT2D eigenvalue weighted by Gasteiger charge is -2.35. The van der Waals surface area contributed by atoms with Crippen LogP contribution in [0.1, 0.15) is 43.0 Å². The Balaban J connectivity index is 1.15. The molecule has 0 bridgehead atoms. The van der Waals surface area contributed by atoms with Gasteiger partial charge in [0, 0.05) is 5.41 Å². The summed E-state index contributed by atoms with van der Waals surface area (Å²) in [7, 11) is 0. The van der Waals surface area contributed by atoms with Crippen molar-refractivity contribution in [2.24, 2.45) is 5.92 Å². The Bertz CT molecular complexity index is 3080. The van der Waals surface area contributed by atoms with Crippen molar-refractivity contribution in [3.05, 3.63) is 198 Å². The molecule has 1 atom stereocenters. The number of hydrogen-bond donors (Lipinski definition) is 0. The van der Waals surface area contributed by atoms with E-state index in [1.54, 1.807) is 0 Å². The molecule has 1 unspecified atom stereocenters. The highest BCUT2D eigenvalue weighted by Crippen LogP contribution is 2.51. The van der Waals surface area contributed by atoms with Gasteiger partial charge in [0.25, 0.3) is 0 Å². The maximum atomic E-state index is 2.49. The summed E-state index contributed by atoms with van der Waals surface area (Å²) in [5.41, 5.74) is 18.5. The molecule has 0 heteroatoms. The topological polar surface area (TPSA) is 0 Å². The van der Waals surface area contributed by atoms with Crippen LogP contribution in [0, 0.1) is 5.92 Å². The minimum absolute atomic E-state index is 0.125. The largest absolute Gasteiger partial charge is 0.0807 e. The number of hydrogen-bond acceptors (Lipinski definition) is 0. The van der Waals surface area contributed by atoms with Gasteiger partial charge >= 0.3 is 0 Å². The van der Waals surface area contributed by atoms with Crippen LogP contribution in [0.15, 0.2) is 176 Å². The third-order valence-electron chi connectivity index (χ3n) is 12.8. The van der Waals surface area contributed by atoms with E-state index in [-0.39, 0.29) is 5.41 Å². The van der Waals surface area contributed by atoms with Crippen LogP contribution in [0.2, 0.25) is 0 Å². The second kappa shape index (κ2) is 12.5. The van der Waals surface area contributed by atoms with Crippen molar-refractivity contribution in [2.75, 3.05) is 0 Å². The van der Waals surface area contributed by atoms with Crippen LogP contribution in [0.3, 0.4) is 0 Å². The Labute approximate surface area is 329 Å². The van der Waals surface area contributed by atoms with Gasteiger partial charge in [0.1, 0.15) is 0 Å². The Morgan fingerprint density at radius 1 is 0.446 bits per heavy atom. The third kappa shape index (κ3) is 4.92. The fourth-order valence-electron chi connectivity index (χ4n) is 10.1. The summed E-state index contributed by atoms with van der Waals surface area (Å²) in [6.07, 6.45) is 5.82. The zero-order valence-corrected chi connectivity index (χ0v) is 32.1. The van der Waals surface area contributed by atoms with Crippen molar-refractivity contribution in [2.45, 2.75) is 32.6 Å². The van der Waals surface area contributed by atoms with Crippen molar-refractivity contribution >= 4 is 38.4 Å². The standard InChI is InChI=1S/C56H42/c1-35-27-28-49-50(31-35)55(47-24-10-9-23-46(47)53(49)38-18-13-17-37(32-38)36-15-5-4-6-16-36)48-30-29-41(42-20-7-8-21-43(42)48)40-33-39-19-14-25-45-44-22-11-12-26-51(44)56(2,3)52(34-40)54(39)45/h4-30,32-35H,31H2,1-3H3. The van der Waals surface area contributed by atoms with E-state index >= 15 is 0 Å². The van der Waals surface area contributed by atoms with E-state index in [1.807, 2.05) is 0 Å². The molecule has 9 aromatic carbocycles. The molecular formula is C56H42. The van der Waals surface area contributed by atoms with Crippen LogP contribution >= 0.6 is 0 Å². The molecule has 0 fully saturated rings. The minimum Gasteiger partial charge on any atom is -0.0807 e. The lowest BCUT2D eigenvalue weighted by molar-refractivity contribution is 0.645. The quantitative estimate of drug-likeness (QED) is 0.170. The average molecular weight is 715 g/mol. The molecule has 0 saturated heterocycles. The van der Waals surface area contributed by atoms with Gasteiger partial charge in [-0.2, -0.15) is 0 Å². The summed E-state index contributed by atoms with van der Waals surface area (Å²) in [5.74, 6) is 0.449. The second-order valence-corrected chi connectivity index (χ2v) is 16.5. The maximum Gasteiger partial charge on any atom is 0.0159 e. The molecule has 0 spiro atoms. The van der Waals surface area contributed by atoms with Gasteiger partial charge < -0.3 is 0 Å². The maximum absolute atomic E-state index is 2.49. The summed E-state index contributed by atoms with van der Waals surface area (Å²) in [6.45, 7) is 7.15. The van der Waals surface area contributed by atoms with E-state index in [4.69, 9.17) is 0 Å². The fourth-order valence-corrected chi connectivity index (χ4v) is 10.1. The highest BCUT2D eigenvalue weighted by molar-refractivity contribution is 6.16. The van der Waals surface area contributed by atoms with Crippen LogP contribution in [-0.2, 0) is 11.8 Å². The van der Waals surface area contributed by atoms with Crippen molar-refractivity contribution < 1.29 is 0 Å². The zero-order chi connectivity index (χ0) is 37.5. The van der Waals surface area contributed by atoms with Crippen molar-refractivity contribution in [3.63, 3.8) is 0 Å². The lowest BCUT2D eigenvalue weighted by Crippen LogP contribution is -2.23. The van der Waals surface area contributed by atoms with E-state index in [1.165, 1.54) is 110 Å². The molecule has 56 heavy (non-hydrogen) atoms. The van der Waals surface area contributed by atoms with E-state index in [0.29, 0.717) is 5.92 Å². The molecule has 9 aromatic rings. The van der Waals surface area contributed by atoms with Gasteiger partial charge in [-0.15, -0.1) is 0 Å². The van der Waals surface area contributed by atoms with E-state index in [2.05, 4.69) is 203 Å². The first kappa shape index (κ1) is 32.9. The molecule has 0 heterocycles. The smallest absolute Gasteiger partial charge is 0.0159 e. The Kier molecular flexibility index (Phi) is 7.35. The van der Waals surface area contributed by atoms with Gasteiger partial charge in [-0.3, -0.25) is 0 Å². The molecular weight excluding hydrogens is 673 g/mol. The summed E-state index contributed by atoms with van der Waals surface area (Å²) < 4.78 is 0. The molecule has 0 aliphatic heterocycles. The Hall–Kier alpha value is -6.50. The first-order valence-corrected chi connectivity index (χ1v) is 20.1. The van der Waals surface area contributed by atoms with Crippen molar-refractivity contribution in [1.29, 1.82) is 0 Å². The summed E-state index contributed by atoms with van der Waals surface area (Å²) >= 11 is 0. The third-order valence-corrected chi connectivity index (χ3v) is 12.8. The van der Waals surface area contributed by atoms with Crippen molar-refractivity contribution in [3.8, 4) is 55.6 Å². The SMILES string of the molecule is CC1C=Cc2c(c(-c3ccc(-c4cc5c6c(cccc6c4)-c4ccccc4C5(C)C)c4ccccc34)c3ccccc3c2-c2cccc(-c3ccccc3)c2)C1. The summed E-state index contributed by atoms with van der Waals surface area (Å²) in [6, 6.07) is 63.6. The fraction of sp³-hybridized carbons (Fsp3) is 0.107. The van der Waals surface area contributed by atoms with Gasteiger partial charge in [-0.1, -0.05) is 185 Å². The molecule has 0 nitrogen and oxygen atoms in total. The van der Waals surface area contributed by atoms with Crippen LogP contribution in [0.5, 0.6) is 0 Å². The Morgan fingerprint density at radius 3 is 1.89 bits per heavy atom.